The van der Waals surface area contributed by atoms with E-state index < -0.39 is 10.0 Å². The molecule has 23 heavy (non-hydrogen) atoms. The molecule has 3 heterocycles. The van der Waals surface area contributed by atoms with Crippen LogP contribution in [0.4, 0.5) is 5.82 Å². The third-order valence-corrected chi connectivity index (χ3v) is 4.89. The Bertz CT molecular complexity index is 934. The van der Waals surface area contributed by atoms with E-state index in [1.54, 1.807) is 30.6 Å². The number of aromatic amines is 1. The van der Waals surface area contributed by atoms with Crippen LogP contribution in [0.1, 0.15) is 5.56 Å². The van der Waals surface area contributed by atoms with Crippen LogP contribution in [0.2, 0.25) is 0 Å². The van der Waals surface area contributed by atoms with Crippen molar-refractivity contribution >= 4 is 26.9 Å². The summed E-state index contributed by atoms with van der Waals surface area (Å²) >= 11 is 0. The largest absolute Gasteiger partial charge is 0.362 e. The van der Waals surface area contributed by atoms with Gasteiger partial charge in [0, 0.05) is 50.2 Å². The molecule has 8 heteroatoms. The lowest BCUT2D eigenvalue weighted by molar-refractivity contribution is 0.582. The maximum absolute atomic E-state index is 12.6. The molecule has 0 radical (unpaired) electrons. The van der Waals surface area contributed by atoms with Gasteiger partial charge in [0.2, 0.25) is 10.0 Å². The first-order valence-electron chi connectivity index (χ1n) is 7.02. The van der Waals surface area contributed by atoms with Gasteiger partial charge in [-0.15, -0.1) is 0 Å². The second-order valence-corrected chi connectivity index (χ2v) is 6.99. The van der Waals surface area contributed by atoms with Crippen molar-refractivity contribution in [2.75, 3.05) is 19.0 Å². The summed E-state index contributed by atoms with van der Waals surface area (Å²) in [5.74, 6) is 0.732. The molecule has 3 aromatic heterocycles. The summed E-state index contributed by atoms with van der Waals surface area (Å²) in [6.07, 6.45) is 4.75. The Labute approximate surface area is 134 Å². The molecule has 0 bridgehead atoms. The van der Waals surface area contributed by atoms with E-state index in [0.29, 0.717) is 11.0 Å². The Morgan fingerprint density at radius 2 is 1.91 bits per heavy atom. The highest BCUT2D eigenvalue weighted by Gasteiger charge is 2.19. The number of pyridine rings is 2. The number of hydrogen-bond acceptors (Lipinski definition) is 5. The van der Waals surface area contributed by atoms with E-state index in [9.17, 15) is 8.42 Å². The van der Waals surface area contributed by atoms with Crippen molar-refractivity contribution < 1.29 is 8.42 Å². The van der Waals surface area contributed by atoms with Crippen LogP contribution in [0, 0.1) is 0 Å². The predicted molar refractivity (Wildman–Crippen MR) is 88.7 cm³/mol. The average Bonchev–Trinajstić information content (AvgIpc) is 2.98. The Hall–Kier alpha value is -2.45. The zero-order valence-electron chi connectivity index (χ0n) is 12.8. The quantitative estimate of drug-likeness (QED) is 0.739. The fraction of sp³-hybridized carbons (Fsp3) is 0.200. The van der Waals surface area contributed by atoms with Gasteiger partial charge in [0.05, 0.1) is 0 Å². The summed E-state index contributed by atoms with van der Waals surface area (Å²) < 4.78 is 27.8. The van der Waals surface area contributed by atoms with Crippen LogP contribution in [0.15, 0.2) is 47.8 Å². The maximum atomic E-state index is 12.6. The van der Waals surface area contributed by atoms with Gasteiger partial charge in [0.25, 0.3) is 0 Å². The van der Waals surface area contributed by atoms with Gasteiger partial charge >= 0.3 is 0 Å². The summed E-state index contributed by atoms with van der Waals surface area (Å²) in [6, 6.07) is 7.07. The summed E-state index contributed by atoms with van der Waals surface area (Å²) in [6.45, 7) is 0.163. The lowest BCUT2D eigenvalue weighted by atomic mass is 10.2. The normalized spacial score (nSPS) is 11.7. The third-order valence-electron chi connectivity index (χ3n) is 3.45. The zero-order chi connectivity index (χ0) is 16.4. The van der Waals surface area contributed by atoms with E-state index >= 15 is 0 Å². The van der Waals surface area contributed by atoms with E-state index in [2.05, 4.69) is 19.7 Å². The van der Waals surface area contributed by atoms with Crippen LogP contribution in [-0.4, -0.2) is 37.5 Å². The van der Waals surface area contributed by atoms with Crippen LogP contribution in [0.5, 0.6) is 0 Å². The van der Waals surface area contributed by atoms with Gasteiger partial charge in [-0.3, -0.25) is 0 Å². The topological polar surface area (TPSA) is 91.0 Å². The van der Waals surface area contributed by atoms with Crippen molar-refractivity contribution in [2.24, 2.45) is 0 Å². The van der Waals surface area contributed by atoms with Gasteiger partial charge in [-0.1, -0.05) is 6.07 Å². The molecule has 3 aromatic rings. The maximum Gasteiger partial charge on any atom is 0.243 e. The van der Waals surface area contributed by atoms with E-state index in [0.717, 1.165) is 11.4 Å². The highest BCUT2D eigenvalue weighted by molar-refractivity contribution is 7.89. The molecule has 0 fully saturated rings. The van der Waals surface area contributed by atoms with Crippen LogP contribution in [0.25, 0.3) is 11.0 Å². The average molecular weight is 331 g/mol. The standard InChI is InChI=1S/C15H17N5O2S/c1-20(2)15-11(5-3-8-17-15)9-19-23(21,22)13-10-18-14-12(13)6-4-7-16-14/h3-8,10,19H,9H2,1-2H3,(H,16,18). The Balaban J connectivity index is 1.88. The number of nitrogens with one attached hydrogen (secondary N) is 2. The minimum atomic E-state index is -3.65. The number of fused-ring (bicyclic) bond motifs is 1. The number of anilines is 1. The van der Waals surface area contributed by atoms with Crippen molar-refractivity contribution in [1.82, 2.24) is 19.7 Å². The molecular weight excluding hydrogens is 314 g/mol. The molecular formula is C15H17N5O2S. The molecule has 0 aliphatic rings. The molecule has 0 amide bonds. The predicted octanol–water partition coefficient (Wildman–Crippen LogP) is 1.50. The summed E-state index contributed by atoms with van der Waals surface area (Å²) in [7, 11) is 0.0817. The van der Waals surface area contributed by atoms with Gasteiger partial charge in [0.1, 0.15) is 16.4 Å². The lowest BCUT2D eigenvalue weighted by Gasteiger charge is -2.16. The molecule has 0 aliphatic carbocycles. The first-order valence-corrected chi connectivity index (χ1v) is 8.50. The number of sulfonamides is 1. The van der Waals surface area contributed by atoms with E-state index in [1.165, 1.54) is 6.20 Å². The SMILES string of the molecule is CN(C)c1ncccc1CNS(=O)(=O)c1c[nH]c2ncccc12. The number of aromatic nitrogens is 3. The van der Waals surface area contributed by atoms with Gasteiger partial charge in [-0.2, -0.15) is 0 Å². The van der Waals surface area contributed by atoms with E-state index in [1.807, 2.05) is 25.1 Å². The number of hydrogen-bond donors (Lipinski definition) is 2. The van der Waals surface area contributed by atoms with Gasteiger partial charge in [-0.05, 0) is 18.2 Å². The highest BCUT2D eigenvalue weighted by Crippen LogP contribution is 2.21. The molecule has 120 valence electrons. The Morgan fingerprint density at radius 1 is 1.17 bits per heavy atom. The van der Waals surface area contributed by atoms with E-state index in [-0.39, 0.29) is 11.4 Å². The van der Waals surface area contributed by atoms with Crippen molar-refractivity contribution in [1.29, 1.82) is 0 Å². The van der Waals surface area contributed by atoms with E-state index in [4.69, 9.17) is 0 Å². The first-order chi connectivity index (χ1) is 11.0. The van der Waals surface area contributed by atoms with Crippen LogP contribution in [0.3, 0.4) is 0 Å². The highest BCUT2D eigenvalue weighted by atomic mass is 32.2. The second kappa shape index (κ2) is 5.98. The molecule has 0 spiro atoms. The van der Waals surface area contributed by atoms with Gasteiger partial charge < -0.3 is 9.88 Å². The molecule has 0 saturated carbocycles. The van der Waals surface area contributed by atoms with Crippen LogP contribution in [-0.2, 0) is 16.6 Å². The Morgan fingerprint density at radius 3 is 2.70 bits per heavy atom. The number of rotatable bonds is 5. The summed E-state index contributed by atoms with van der Waals surface area (Å²) in [5.41, 5.74) is 1.35. The molecule has 0 aromatic carbocycles. The van der Waals surface area contributed by atoms with Crippen molar-refractivity contribution in [3.8, 4) is 0 Å². The molecule has 0 unspecified atom stereocenters. The van der Waals surface area contributed by atoms with Crippen molar-refractivity contribution in [3.63, 3.8) is 0 Å². The fourth-order valence-corrected chi connectivity index (χ4v) is 3.54. The lowest BCUT2D eigenvalue weighted by Crippen LogP contribution is -2.24. The van der Waals surface area contributed by atoms with Crippen molar-refractivity contribution in [3.05, 3.63) is 48.4 Å². The zero-order valence-corrected chi connectivity index (χ0v) is 13.6. The molecule has 0 aliphatic heterocycles. The number of H-pyrrole nitrogens is 1. The van der Waals surface area contributed by atoms with Gasteiger partial charge in [-0.25, -0.2) is 23.1 Å². The molecule has 7 nitrogen and oxygen atoms in total. The van der Waals surface area contributed by atoms with Gasteiger partial charge in [0.15, 0.2) is 0 Å². The molecule has 2 N–H and O–H groups in total. The fourth-order valence-electron chi connectivity index (χ4n) is 2.37. The van der Waals surface area contributed by atoms with Crippen LogP contribution >= 0.6 is 0 Å². The third kappa shape index (κ3) is 3.03. The summed E-state index contributed by atoms with van der Waals surface area (Å²) in [5, 5.41) is 0.569. The minimum absolute atomic E-state index is 0.163. The first kappa shape index (κ1) is 15.4. The Kier molecular flexibility index (Phi) is 4.01. The van der Waals surface area contributed by atoms with Crippen LogP contribution < -0.4 is 9.62 Å². The molecule has 0 saturated heterocycles. The smallest absolute Gasteiger partial charge is 0.243 e. The molecule has 3 rings (SSSR count). The van der Waals surface area contributed by atoms with Crippen molar-refractivity contribution in [2.45, 2.75) is 11.4 Å². The number of nitrogens with zero attached hydrogens (tertiary/aromatic N) is 3. The second-order valence-electron chi connectivity index (χ2n) is 5.26. The molecule has 0 atom stereocenters. The summed E-state index contributed by atoms with van der Waals surface area (Å²) in [4.78, 5) is 13.3. The monoisotopic (exact) mass is 331 g/mol. The minimum Gasteiger partial charge on any atom is -0.362 e.